The Bertz CT molecular complexity index is 560. The zero-order valence-corrected chi connectivity index (χ0v) is 10.5. The van der Waals surface area contributed by atoms with E-state index >= 15 is 0 Å². The van der Waals surface area contributed by atoms with Crippen LogP contribution in [-0.2, 0) is 16.1 Å². The molecule has 2 heterocycles. The van der Waals surface area contributed by atoms with Crippen molar-refractivity contribution in [3.8, 4) is 11.7 Å². The zero-order chi connectivity index (χ0) is 13.1. The van der Waals surface area contributed by atoms with Crippen LogP contribution in [0.1, 0.15) is 16.2 Å². The van der Waals surface area contributed by atoms with E-state index in [0.29, 0.717) is 11.5 Å². The highest BCUT2D eigenvalue weighted by atomic mass is 35.5. The summed E-state index contributed by atoms with van der Waals surface area (Å²) in [4.78, 5) is 15.6. The van der Waals surface area contributed by atoms with E-state index in [1.54, 1.807) is 12.1 Å². The third kappa shape index (κ3) is 2.39. The van der Waals surface area contributed by atoms with Gasteiger partial charge >= 0.3 is 5.97 Å². The fourth-order valence-corrected chi connectivity index (χ4v) is 1.52. The highest BCUT2D eigenvalue weighted by Gasteiger charge is 2.22. The number of hydrogen-bond donors (Lipinski definition) is 0. The van der Waals surface area contributed by atoms with Gasteiger partial charge in [-0.05, 0) is 23.7 Å². The van der Waals surface area contributed by atoms with Gasteiger partial charge in [0.1, 0.15) is 5.69 Å². The molecule has 18 heavy (non-hydrogen) atoms. The van der Waals surface area contributed by atoms with Gasteiger partial charge in [-0.1, -0.05) is 0 Å². The smallest absolute Gasteiger partial charge is 0.376 e. The number of rotatable bonds is 4. The molecule has 0 spiro atoms. The number of esters is 1. The predicted octanol–water partition coefficient (Wildman–Crippen LogP) is 2.52. The zero-order valence-electron chi connectivity index (χ0n) is 9.73. The molecule has 0 aromatic carbocycles. The minimum absolute atomic E-state index is 0.0122. The van der Waals surface area contributed by atoms with Crippen LogP contribution in [0.5, 0.6) is 0 Å². The van der Waals surface area contributed by atoms with Crippen LogP contribution in [0.15, 0.2) is 21.0 Å². The average molecular weight is 272 g/mol. The number of furan rings is 1. The van der Waals surface area contributed by atoms with Crippen LogP contribution in [-0.4, -0.2) is 25.2 Å². The van der Waals surface area contributed by atoms with Gasteiger partial charge in [-0.2, -0.15) is 0 Å². The Kier molecular flexibility index (Phi) is 3.69. The summed E-state index contributed by atoms with van der Waals surface area (Å²) in [5.74, 6) is -0.165. The fraction of sp³-hybridized carbons (Fsp3) is 0.273. The van der Waals surface area contributed by atoms with Crippen molar-refractivity contribution in [3.63, 3.8) is 0 Å². The average Bonchev–Trinajstić information content (AvgIpc) is 2.95. The highest BCUT2D eigenvalue weighted by molar-refractivity contribution is 6.28. The fourth-order valence-electron chi connectivity index (χ4n) is 1.37. The van der Waals surface area contributed by atoms with Crippen LogP contribution in [0.2, 0.25) is 5.22 Å². The molecule has 0 atom stereocenters. The molecular weight excluding hydrogens is 262 g/mol. The lowest BCUT2D eigenvalue weighted by Crippen LogP contribution is -2.04. The van der Waals surface area contributed by atoms with Crippen molar-refractivity contribution in [1.29, 1.82) is 0 Å². The standard InChI is InChI=1S/C11H10ClNO5/c1-15-5-6-9(11(14)16-2)18-10(13-6)7-3-4-8(12)17-7/h3-4H,5H2,1-2H3. The molecule has 0 unspecified atom stereocenters. The van der Waals surface area contributed by atoms with E-state index in [2.05, 4.69) is 9.72 Å². The maximum absolute atomic E-state index is 11.5. The molecule has 6 nitrogen and oxygen atoms in total. The molecule has 0 bridgehead atoms. The molecule has 0 N–H and O–H groups in total. The number of methoxy groups -OCH3 is 2. The van der Waals surface area contributed by atoms with Crippen LogP contribution in [0.25, 0.3) is 11.7 Å². The first-order chi connectivity index (χ1) is 8.65. The summed E-state index contributed by atoms with van der Waals surface area (Å²) in [6, 6.07) is 3.14. The van der Waals surface area contributed by atoms with Crippen LogP contribution in [0.3, 0.4) is 0 Å². The van der Waals surface area contributed by atoms with Gasteiger partial charge in [0.15, 0.2) is 11.0 Å². The van der Waals surface area contributed by atoms with Gasteiger partial charge < -0.3 is 18.3 Å². The van der Waals surface area contributed by atoms with Crippen molar-refractivity contribution in [1.82, 2.24) is 4.98 Å². The van der Waals surface area contributed by atoms with E-state index in [4.69, 9.17) is 25.2 Å². The Morgan fingerprint density at radius 1 is 1.39 bits per heavy atom. The first kappa shape index (κ1) is 12.7. The van der Waals surface area contributed by atoms with E-state index in [1.807, 2.05) is 0 Å². The van der Waals surface area contributed by atoms with Crippen LogP contribution < -0.4 is 0 Å². The third-order valence-corrected chi connectivity index (χ3v) is 2.34. The van der Waals surface area contributed by atoms with Gasteiger partial charge in [0.05, 0.1) is 13.7 Å². The van der Waals surface area contributed by atoms with Gasteiger partial charge in [0.2, 0.25) is 5.76 Å². The predicted molar refractivity (Wildman–Crippen MR) is 61.3 cm³/mol. The molecule has 96 valence electrons. The SMILES string of the molecule is COCc1nc(-c2ccc(Cl)o2)oc1C(=O)OC. The molecule has 0 radical (unpaired) electrons. The topological polar surface area (TPSA) is 74.7 Å². The van der Waals surface area contributed by atoms with Crippen molar-refractivity contribution >= 4 is 17.6 Å². The number of nitrogens with zero attached hydrogens (tertiary/aromatic N) is 1. The molecule has 0 saturated heterocycles. The van der Waals surface area contributed by atoms with Crippen molar-refractivity contribution in [2.45, 2.75) is 6.61 Å². The lowest BCUT2D eigenvalue weighted by Gasteiger charge is -1.96. The molecule has 0 aliphatic rings. The monoisotopic (exact) mass is 271 g/mol. The lowest BCUT2D eigenvalue weighted by atomic mass is 10.3. The number of aromatic nitrogens is 1. The second-order valence-electron chi connectivity index (χ2n) is 3.32. The second-order valence-corrected chi connectivity index (χ2v) is 3.70. The summed E-state index contributed by atoms with van der Waals surface area (Å²) in [6.07, 6.45) is 0. The third-order valence-electron chi connectivity index (χ3n) is 2.13. The highest BCUT2D eigenvalue weighted by Crippen LogP contribution is 2.26. The normalized spacial score (nSPS) is 10.6. The molecule has 0 aliphatic carbocycles. The van der Waals surface area contributed by atoms with Gasteiger partial charge in [-0.3, -0.25) is 0 Å². The molecule has 0 aliphatic heterocycles. The maximum Gasteiger partial charge on any atom is 0.376 e. The Hall–Kier alpha value is -1.79. The van der Waals surface area contributed by atoms with Crippen LogP contribution in [0, 0.1) is 0 Å². The largest absolute Gasteiger partial charge is 0.463 e. The number of hydrogen-bond acceptors (Lipinski definition) is 6. The number of halogens is 1. The Morgan fingerprint density at radius 2 is 2.17 bits per heavy atom. The summed E-state index contributed by atoms with van der Waals surface area (Å²) < 4.78 is 20.0. The lowest BCUT2D eigenvalue weighted by molar-refractivity contribution is 0.0559. The molecule has 0 saturated carbocycles. The number of carbonyl (C=O) groups excluding carboxylic acids is 1. The Balaban J connectivity index is 2.41. The number of ether oxygens (including phenoxy) is 2. The molecule has 0 amide bonds. The van der Waals surface area contributed by atoms with Crippen molar-refractivity contribution in [2.75, 3.05) is 14.2 Å². The van der Waals surface area contributed by atoms with E-state index in [-0.39, 0.29) is 23.5 Å². The minimum atomic E-state index is -0.626. The summed E-state index contributed by atoms with van der Waals surface area (Å²) in [5, 5.41) is 0.205. The molecule has 2 rings (SSSR count). The minimum Gasteiger partial charge on any atom is -0.463 e. The number of oxazole rings is 1. The van der Waals surface area contributed by atoms with Crippen LogP contribution in [0.4, 0.5) is 0 Å². The number of carbonyl (C=O) groups is 1. The van der Waals surface area contributed by atoms with Gasteiger partial charge in [-0.25, -0.2) is 9.78 Å². The molecule has 2 aromatic rings. The van der Waals surface area contributed by atoms with E-state index in [0.717, 1.165) is 0 Å². The van der Waals surface area contributed by atoms with E-state index in [9.17, 15) is 4.79 Å². The summed E-state index contributed by atoms with van der Waals surface area (Å²) >= 11 is 5.66. The van der Waals surface area contributed by atoms with Crippen molar-refractivity contribution in [2.24, 2.45) is 0 Å². The van der Waals surface area contributed by atoms with Crippen LogP contribution >= 0.6 is 11.6 Å². The van der Waals surface area contributed by atoms with Crippen molar-refractivity contribution in [3.05, 3.63) is 28.8 Å². The first-order valence-electron chi connectivity index (χ1n) is 4.98. The molecule has 2 aromatic heterocycles. The second kappa shape index (κ2) is 5.24. The first-order valence-corrected chi connectivity index (χ1v) is 5.36. The van der Waals surface area contributed by atoms with E-state index in [1.165, 1.54) is 14.2 Å². The van der Waals surface area contributed by atoms with Gasteiger partial charge in [0, 0.05) is 7.11 Å². The summed E-state index contributed by atoms with van der Waals surface area (Å²) in [6.45, 7) is 0.127. The quantitative estimate of drug-likeness (QED) is 0.796. The van der Waals surface area contributed by atoms with Gasteiger partial charge in [-0.15, -0.1) is 0 Å². The molecule has 0 fully saturated rings. The van der Waals surface area contributed by atoms with Gasteiger partial charge in [0.25, 0.3) is 5.89 Å². The van der Waals surface area contributed by atoms with E-state index < -0.39 is 5.97 Å². The summed E-state index contributed by atoms with van der Waals surface area (Å²) in [7, 11) is 2.74. The summed E-state index contributed by atoms with van der Waals surface area (Å²) in [5.41, 5.74) is 0.340. The molecular formula is C11H10ClNO5. The maximum atomic E-state index is 11.5. The molecule has 7 heteroatoms. The Morgan fingerprint density at radius 3 is 2.72 bits per heavy atom. The van der Waals surface area contributed by atoms with Crippen molar-refractivity contribution < 1.29 is 23.1 Å². The Labute approximate surface area is 107 Å².